The predicted octanol–water partition coefficient (Wildman–Crippen LogP) is 10.2. The molecule has 0 aliphatic carbocycles. The molecule has 0 saturated carbocycles. The largest absolute Gasteiger partial charge is 0.455 e. The van der Waals surface area contributed by atoms with Gasteiger partial charge in [-0.25, -0.2) is 4.79 Å². The fourth-order valence-electron chi connectivity index (χ4n) is 8.23. The van der Waals surface area contributed by atoms with E-state index in [1.165, 1.54) is 44.9 Å². The summed E-state index contributed by atoms with van der Waals surface area (Å²) in [6.07, 6.45) is 21.6. The van der Waals surface area contributed by atoms with Gasteiger partial charge in [0.1, 0.15) is 26.5 Å². The van der Waals surface area contributed by atoms with Crippen LogP contribution in [0, 0.1) is 0 Å². The molecule has 0 aromatic heterocycles. The van der Waals surface area contributed by atoms with Crippen molar-refractivity contribution in [3.63, 3.8) is 0 Å². The van der Waals surface area contributed by atoms with Crippen LogP contribution in [0.4, 0.5) is 0 Å². The molecule has 0 bridgehead atoms. The summed E-state index contributed by atoms with van der Waals surface area (Å²) in [5, 5.41) is 0.0791. The van der Waals surface area contributed by atoms with Gasteiger partial charge in [0, 0.05) is 39.4 Å². The first-order chi connectivity index (χ1) is 27.3. The third-order valence-electron chi connectivity index (χ3n) is 12.5. The Morgan fingerprint density at radius 2 is 1.21 bits per heavy atom. The van der Waals surface area contributed by atoms with Crippen molar-refractivity contribution in [3.05, 3.63) is 11.6 Å². The summed E-state index contributed by atoms with van der Waals surface area (Å²) in [4.78, 5) is 12.4. The number of ether oxygens (including phenoxy) is 9. The lowest BCUT2D eigenvalue weighted by Gasteiger charge is -2.40. The molecule has 9 atom stereocenters. The van der Waals surface area contributed by atoms with Gasteiger partial charge in [-0.3, -0.25) is 0 Å². The second-order valence-electron chi connectivity index (χ2n) is 18.3. The van der Waals surface area contributed by atoms with E-state index in [1.54, 1.807) is 21.3 Å². The Kier molecular flexibility index (Phi) is 24.0. The van der Waals surface area contributed by atoms with Crippen LogP contribution in [0.25, 0.3) is 0 Å². The zero-order chi connectivity index (χ0) is 41.7. The van der Waals surface area contributed by atoms with Gasteiger partial charge in [0.15, 0.2) is 8.32 Å². The van der Waals surface area contributed by atoms with Crippen LogP contribution in [0.1, 0.15) is 157 Å². The molecule has 2 fully saturated rings. The minimum atomic E-state index is -2.07. The molecule has 3 aliphatic rings. The molecule has 4 unspecified atom stereocenters. The SMILES string of the molecule is CCCCCCCCCC[C@@H](OCOC)C1CC[C@H]([C@H]2CC[C@H](C(CCC(CCCC(CC3=C[C@H](C)OC3=O)OCOC)O[Si](C)(C)C(C)(C)C)OCOC)O2)O1. The first-order valence-corrected chi connectivity index (χ1v) is 25.4. The molecule has 0 radical (unpaired) electrons. The van der Waals surface area contributed by atoms with Crippen LogP contribution in [0.2, 0.25) is 18.1 Å². The van der Waals surface area contributed by atoms with E-state index in [4.69, 9.17) is 47.1 Å². The molecular formula is C45H84O11Si. The minimum Gasteiger partial charge on any atom is -0.455 e. The van der Waals surface area contributed by atoms with Crippen LogP contribution in [0.15, 0.2) is 11.6 Å². The molecule has 334 valence electrons. The van der Waals surface area contributed by atoms with Crippen LogP contribution < -0.4 is 0 Å². The quantitative estimate of drug-likeness (QED) is 0.0280. The number of carbonyl (C=O) groups is 1. The van der Waals surface area contributed by atoms with Crippen LogP contribution in [0.3, 0.4) is 0 Å². The number of cyclic esters (lactones) is 1. The van der Waals surface area contributed by atoms with E-state index in [0.717, 1.165) is 70.6 Å². The number of methoxy groups -OCH3 is 3. The number of esters is 1. The Hall–Kier alpha value is -0.933. The van der Waals surface area contributed by atoms with Gasteiger partial charge in [0.2, 0.25) is 0 Å². The van der Waals surface area contributed by atoms with Gasteiger partial charge in [-0.2, -0.15) is 0 Å². The van der Waals surface area contributed by atoms with E-state index in [-0.39, 0.29) is 79.5 Å². The van der Waals surface area contributed by atoms with Gasteiger partial charge in [-0.1, -0.05) is 79.1 Å². The maximum atomic E-state index is 12.4. The van der Waals surface area contributed by atoms with Gasteiger partial charge in [-0.15, -0.1) is 0 Å². The topological polar surface area (TPSA) is 109 Å². The third-order valence-corrected chi connectivity index (χ3v) is 17.0. The van der Waals surface area contributed by atoms with E-state index in [2.05, 4.69) is 40.8 Å². The lowest BCUT2D eigenvalue weighted by atomic mass is 9.98. The van der Waals surface area contributed by atoms with Crippen LogP contribution >= 0.6 is 0 Å². The lowest BCUT2D eigenvalue weighted by molar-refractivity contribution is -0.158. The van der Waals surface area contributed by atoms with E-state index < -0.39 is 8.32 Å². The number of rotatable bonds is 32. The third kappa shape index (κ3) is 18.3. The highest BCUT2D eigenvalue weighted by atomic mass is 28.4. The second-order valence-corrected chi connectivity index (χ2v) is 23.0. The molecule has 0 aromatic rings. The van der Waals surface area contributed by atoms with Gasteiger partial charge in [-0.05, 0) is 95.3 Å². The minimum absolute atomic E-state index is 0.0344. The standard InChI is InChI=1S/C45H84O11Si/c1-11-12-13-14-15-16-17-18-22-38(51-32-48-7)40-25-27-42(54-40)43-28-26-41(55-43)39(52-33-49-8)24-23-36(56-57(9,10)45(3,4)5)20-19-21-37(50-31-47-6)30-35-29-34(2)53-44(35)46/h29,34,36-43H,11-28,30-33H2,1-10H3/t34-,36?,37?,38+,39?,40?,41+,42+,43+/m0/s1. The van der Waals surface area contributed by atoms with Crippen molar-refractivity contribution in [1.82, 2.24) is 0 Å². The molecule has 0 N–H and O–H groups in total. The normalized spacial score (nSPS) is 25.1. The molecule has 11 nitrogen and oxygen atoms in total. The molecule has 12 heteroatoms. The maximum absolute atomic E-state index is 12.4. The summed E-state index contributed by atoms with van der Waals surface area (Å²) in [5.41, 5.74) is 0.683. The Morgan fingerprint density at radius 1 is 0.684 bits per heavy atom. The molecule has 0 spiro atoms. The highest BCUT2D eigenvalue weighted by molar-refractivity contribution is 6.74. The molecular weight excluding hydrogens is 745 g/mol. The summed E-state index contributed by atoms with van der Waals surface area (Å²) in [6, 6.07) is 0. The molecule has 0 aromatic carbocycles. The Morgan fingerprint density at radius 3 is 1.74 bits per heavy atom. The number of hydrogen-bond donors (Lipinski definition) is 0. The van der Waals surface area contributed by atoms with Gasteiger partial charge >= 0.3 is 5.97 Å². The Bertz CT molecular complexity index is 1110. The average Bonchev–Trinajstić information content (AvgIpc) is 3.92. The van der Waals surface area contributed by atoms with Crippen molar-refractivity contribution < 1.29 is 51.9 Å². The van der Waals surface area contributed by atoms with E-state index in [1.807, 2.05) is 13.0 Å². The van der Waals surface area contributed by atoms with Crippen molar-refractivity contribution in [2.24, 2.45) is 0 Å². The smallest absolute Gasteiger partial charge is 0.334 e. The van der Waals surface area contributed by atoms with E-state index >= 15 is 0 Å². The first-order valence-electron chi connectivity index (χ1n) is 22.5. The number of carbonyl (C=O) groups excluding carboxylic acids is 1. The highest BCUT2D eigenvalue weighted by Gasteiger charge is 2.43. The predicted molar refractivity (Wildman–Crippen MR) is 227 cm³/mol. The second kappa shape index (κ2) is 27.1. The van der Waals surface area contributed by atoms with Gasteiger partial charge < -0.3 is 47.1 Å². The van der Waals surface area contributed by atoms with Gasteiger partial charge in [0.05, 0.1) is 42.7 Å². The Labute approximate surface area is 348 Å². The van der Waals surface area contributed by atoms with Gasteiger partial charge in [0.25, 0.3) is 0 Å². The number of unbranched alkanes of at least 4 members (excludes halogenated alkanes) is 7. The van der Waals surface area contributed by atoms with Crippen LogP contribution in [-0.4, -0.2) is 111 Å². The van der Waals surface area contributed by atoms with E-state index in [0.29, 0.717) is 18.8 Å². The number of hydrogen-bond acceptors (Lipinski definition) is 11. The molecule has 2 saturated heterocycles. The zero-order valence-electron chi connectivity index (χ0n) is 37.8. The van der Waals surface area contributed by atoms with E-state index in [9.17, 15) is 4.79 Å². The summed E-state index contributed by atoms with van der Waals surface area (Å²) in [5.74, 6) is -0.250. The molecule has 57 heavy (non-hydrogen) atoms. The first kappa shape index (κ1) is 50.4. The average molecular weight is 829 g/mol. The summed E-state index contributed by atoms with van der Waals surface area (Å²) in [7, 11) is 2.91. The highest BCUT2D eigenvalue weighted by Crippen LogP contribution is 2.40. The summed E-state index contributed by atoms with van der Waals surface area (Å²) in [6.45, 7) is 16.4. The van der Waals surface area contributed by atoms with Crippen molar-refractivity contribution in [2.45, 2.75) is 230 Å². The molecule has 3 heterocycles. The van der Waals surface area contributed by atoms with Crippen molar-refractivity contribution in [2.75, 3.05) is 41.7 Å². The molecule has 0 amide bonds. The monoisotopic (exact) mass is 829 g/mol. The van der Waals surface area contributed by atoms with Crippen molar-refractivity contribution in [1.29, 1.82) is 0 Å². The zero-order valence-corrected chi connectivity index (χ0v) is 38.8. The maximum Gasteiger partial charge on any atom is 0.334 e. The van der Waals surface area contributed by atoms with Crippen LogP contribution in [0.5, 0.6) is 0 Å². The fourth-order valence-corrected chi connectivity index (χ4v) is 9.65. The fraction of sp³-hybridized carbons (Fsp3) is 0.933. The summed E-state index contributed by atoms with van der Waals surface area (Å²) < 4.78 is 60.5. The van der Waals surface area contributed by atoms with Crippen molar-refractivity contribution in [3.8, 4) is 0 Å². The lowest BCUT2D eigenvalue weighted by Crippen LogP contribution is -2.44. The van der Waals surface area contributed by atoms with Crippen molar-refractivity contribution >= 4 is 14.3 Å². The summed E-state index contributed by atoms with van der Waals surface area (Å²) >= 11 is 0. The molecule has 3 rings (SSSR count). The Balaban J connectivity index is 1.58. The molecule has 3 aliphatic heterocycles. The van der Waals surface area contributed by atoms with Crippen LogP contribution in [-0.2, 0) is 51.9 Å².